The Kier molecular flexibility index (Phi) is 6.31. The number of rotatable bonds is 6. The second kappa shape index (κ2) is 9.27. The molecule has 29 heavy (non-hydrogen) atoms. The van der Waals surface area contributed by atoms with Crippen LogP contribution in [-0.2, 0) is 11.3 Å². The molecule has 9 heteroatoms. The van der Waals surface area contributed by atoms with Gasteiger partial charge in [0.25, 0.3) is 0 Å². The molecule has 0 saturated carbocycles. The van der Waals surface area contributed by atoms with Gasteiger partial charge >= 0.3 is 12.0 Å². The topological polar surface area (TPSA) is 115 Å². The molecule has 0 atom stereocenters. The average molecular weight is 393 g/mol. The summed E-state index contributed by atoms with van der Waals surface area (Å²) in [5.74, 6) is 0.0983. The maximum Gasteiger partial charge on any atom is 0.337 e. The number of aromatic nitrogens is 3. The Morgan fingerprint density at radius 3 is 2.62 bits per heavy atom. The lowest BCUT2D eigenvalue weighted by Crippen LogP contribution is -2.21. The predicted octanol–water partition coefficient (Wildman–Crippen LogP) is 3.19. The van der Waals surface area contributed by atoms with Crippen LogP contribution in [0.4, 0.5) is 16.3 Å². The third kappa shape index (κ3) is 5.48. The quantitative estimate of drug-likeness (QED) is 0.618. The molecule has 0 aliphatic rings. The SMILES string of the molecule is COC(=O)c1ccc(NC(=O)Nc2cnc(C)cn2)c(OCc2cccnc2)c1. The fourth-order valence-corrected chi connectivity index (χ4v) is 2.36. The fourth-order valence-electron chi connectivity index (χ4n) is 2.36. The summed E-state index contributed by atoms with van der Waals surface area (Å²) in [6.07, 6.45) is 6.32. The van der Waals surface area contributed by atoms with Crippen LogP contribution in [0, 0.1) is 6.92 Å². The molecule has 2 aromatic heterocycles. The number of ether oxygens (including phenoxy) is 2. The number of nitrogens with one attached hydrogen (secondary N) is 2. The number of carbonyl (C=O) groups excluding carboxylic acids is 2. The number of pyridine rings is 1. The summed E-state index contributed by atoms with van der Waals surface area (Å²) in [5.41, 5.74) is 2.24. The maximum atomic E-state index is 12.3. The van der Waals surface area contributed by atoms with Gasteiger partial charge in [0.05, 0.1) is 36.4 Å². The van der Waals surface area contributed by atoms with Gasteiger partial charge in [-0.25, -0.2) is 14.6 Å². The number of methoxy groups -OCH3 is 1. The van der Waals surface area contributed by atoms with Gasteiger partial charge in [0.2, 0.25) is 0 Å². The highest BCUT2D eigenvalue weighted by atomic mass is 16.5. The monoisotopic (exact) mass is 393 g/mol. The molecule has 9 nitrogen and oxygen atoms in total. The smallest absolute Gasteiger partial charge is 0.337 e. The van der Waals surface area contributed by atoms with Crippen LogP contribution in [0.15, 0.2) is 55.1 Å². The van der Waals surface area contributed by atoms with Crippen molar-refractivity contribution in [3.05, 3.63) is 71.9 Å². The van der Waals surface area contributed by atoms with E-state index in [2.05, 4.69) is 25.6 Å². The van der Waals surface area contributed by atoms with Crippen molar-refractivity contribution in [1.29, 1.82) is 0 Å². The fraction of sp³-hybridized carbons (Fsp3) is 0.150. The Bertz CT molecular complexity index is 994. The van der Waals surface area contributed by atoms with Gasteiger partial charge in [-0.15, -0.1) is 0 Å². The molecule has 0 fully saturated rings. The summed E-state index contributed by atoms with van der Waals surface area (Å²) < 4.78 is 10.6. The lowest BCUT2D eigenvalue weighted by atomic mass is 10.2. The lowest BCUT2D eigenvalue weighted by molar-refractivity contribution is 0.0600. The van der Waals surface area contributed by atoms with E-state index in [1.54, 1.807) is 37.6 Å². The zero-order valence-corrected chi connectivity index (χ0v) is 15.9. The van der Waals surface area contributed by atoms with Crippen LogP contribution >= 0.6 is 0 Å². The van der Waals surface area contributed by atoms with Gasteiger partial charge in [0, 0.05) is 18.0 Å². The van der Waals surface area contributed by atoms with Gasteiger partial charge < -0.3 is 14.8 Å². The number of benzene rings is 1. The first-order chi connectivity index (χ1) is 14.0. The van der Waals surface area contributed by atoms with E-state index in [0.29, 0.717) is 22.8 Å². The highest BCUT2D eigenvalue weighted by molar-refractivity contribution is 6.00. The minimum absolute atomic E-state index is 0.207. The second-order valence-corrected chi connectivity index (χ2v) is 5.97. The Balaban J connectivity index is 1.77. The van der Waals surface area contributed by atoms with Gasteiger partial charge in [-0.05, 0) is 31.2 Å². The molecule has 1 aromatic carbocycles. The summed E-state index contributed by atoms with van der Waals surface area (Å²) >= 11 is 0. The van der Waals surface area contributed by atoms with Crippen molar-refractivity contribution in [2.24, 2.45) is 0 Å². The largest absolute Gasteiger partial charge is 0.487 e. The lowest BCUT2D eigenvalue weighted by Gasteiger charge is -2.14. The number of carbonyl (C=O) groups is 2. The second-order valence-electron chi connectivity index (χ2n) is 5.97. The highest BCUT2D eigenvalue weighted by Gasteiger charge is 2.14. The summed E-state index contributed by atoms with van der Waals surface area (Å²) in [7, 11) is 1.29. The van der Waals surface area contributed by atoms with Crippen molar-refractivity contribution < 1.29 is 19.1 Å². The van der Waals surface area contributed by atoms with Gasteiger partial charge in [-0.1, -0.05) is 6.07 Å². The molecule has 3 rings (SSSR count). The molecule has 0 radical (unpaired) electrons. The molecule has 0 bridgehead atoms. The predicted molar refractivity (Wildman–Crippen MR) is 106 cm³/mol. The van der Waals surface area contributed by atoms with E-state index in [9.17, 15) is 9.59 Å². The summed E-state index contributed by atoms with van der Waals surface area (Å²) in [5, 5.41) is 5.27. The van der Waals surface area contributed by atoms with E-state index in [-0.39, 0.29) is 6.61 Å². The van der Waals surface area contributed by atoms with Crippen molar-refractivity contribution in [1.82, 2.24) is 15.0 Å². The van der Waals surface area contributed by atoms with Crippen molar-refractivity contribution >= 4 is 23.5 Å². The summed E-state index contributed by atoms with van der Waals surface area (Å²) in [6, 6.07) is 7.71. The Morgan fingerprint density at radius 1 is 1.07 bits per heavy atom. The van der Waals surface area contributed by atoms with Crippen molar-refractivity contribution in [3.63, 3.8) is 0 Å². The third-order valence-electron chi connectivity index (χ3n) is 3.79. The first-order valence-corrected chi connectivity index (χ1v) is 8.66. The van der Waals surface area contributed by atoms with E-state index in [1.165, 1.54) is 25.4 Å². The number of urea groups is 1. The highest BCUT2D eigenvalue weighted by Crippen LogP contribution is 2.27. The van der Waals surface area contributed by atoms with Gasteiger partial charge in [0.15, 0.2) is 5.82 Å². The number of aryl methyl sites for hydroxylation is 1. The first-order valence-electron chi connectivity index (χ1n) is 8.66. The van der Waals surface area contributed by atoms with Crippen LogP contribution in [-0.4, -0.2) is 34.1 Å². The van der Waals surface area contributed by atoms with Crippen LogP contribution in [0.25, 0.3) is 0 Å². The standard InChI is InChI=1S/C20H19N5O4/c1-13-9-23-18(11-22-13)25-20(27)24-16-6-5-15(19(26)28-2)8-17(16)29-12-14-4-3-7-21-10-14/h3-11H,12H2,1-2H3,(H2,23,24,25,27). The molecule has 0 spiro atoms. The molecule has 0 saturated heterocycles. The molecular weight excluding hydrogens is 374 g/mol. The van der Waals surface area contributed by atoms with E-state index >= 15 is 0 Å². The van der Waals surface area contributed by atoms with Crippen molar-refractivity contribution in [2.45, 2.75) is 13.5 Å². The van der Waals surface area contributed by atoms with Crippen LogP contribution in [0.3, 0.4) is 0 Å². The van der Waals surface area contributed by atoms with Crippen LogP contribution in [0.5, 0.6) is 5.75 Å². The van der Waals surface area contributed by atoms with Crippen molar-refractivity contribution in [2.75, 3.05) is 17.7 Å². The van der Waals surface area contributed by atoms with E-state index in [0.717, 1.165) is 11.3 Å². The molecule has 0 aliphatic carbocycles. The Morgan fingerprint density at radius 2 is 1.93 bits per heavy atom. The van der Waals surface area contributed by atoms with E-state index in [1.807, 2.05) is 6.07 Å². The molecule has 2 N–H and O–H groups in total. The normalized spacial score (nSPS) is 10.1. The third-order valence-corrected chi connectivity index (χ3v) is 3.79. The minimum Gasteiger partial charge on any atom is -0.487 e. The van der Waals surface area contributed by atoms with Crippen LogP contribution < -0.4 is 15.4 Å². The van der Waals surface area contributed by atoms with Gasteiger partial charge in [-0.2, -0.15) is 0 Å². The van der Waals surface area contributed by atoms with Gasteiger partial charge in [-0.3, -0.25) is 15.3 Å². The zero-order chi connectivity index (χ0) is 20.6. The molecule has 0 aliphatic heterocycles. The molecule has 3 aromatic rings. The number of esters is 1. The number of hydrogen-bond donors (Lipinski definition) is 2. The van der Waals surface area contributed by atoms with E-state index < -0.39 is 12.0 Å². The average Bonchev–Trinajstić information content (AvgIpc) is 2.74. The molecule has 0 unspecified atom stereocenters. The van der Waals surface area contributed by atoms with Crippen LogP contribution in [0.2, 0.25) is 0 Å². The minimum atomic E-state index is -0.528. The summed E-state index contributed by atoms with van der Waals surface area (Å²) in [6.45, 7) is 2.00. The Hall–Kier alpha value is -4.01. The number of nitrogens with zero attached hydrogens (tertiary/aromatic N) is 3. The molecule has 148 valence electrons. The number of hydrogen-bond acceptors (Lipinski definition) is 7. The number of anilines is 2. The number of amides is 2. The zero-order valence-electron chi connectivity index (χ0n) is 15.9. The Labute approximate surface area is 167 Å². The van der Waals surface area contributed by atoms with Crippen LogP contribution in [0.1, 0.15) is 21.6 Å². The molecule has 2 heterocycles. The van der Waals surface area contributed by atoms with Crippen molar-refractivity contribution in [3.8, 4) is 5.75 Å². The molecule has 2 amide bonds. The molecular formula is C20H19N5O4. The first kappa shape index (κ1) is 19.7. The van der Waals surface area contributed by atoms with Gasteiger partial charge in [0.1, 0.15) is 12.4 Å². The summed E-state index contributed by atoms with van der Waals surface area (Å²) in [4.78, 5) is 36.3. The maximum absolute atomic E-state index is 12.3. The van der Waals surface area contributed by atoms with E-state index in [4.69, 9.17) is 9.47 Å².